The first-order chi connectivity index (χ1) is 8.20. The van der Waals surface area contributed by atoms with Crippen molar-refractivity contribution in [3.8, 4) is 0 Å². The van der Waals surface area contributed by atoms with Crippen molar-refractivity contribution in [2.24, 2.45) is 5.92 Å². The van der Waals surface area contributed by atoms with Crippen LogP contribution in [0, 0.1) is 5.92 Å². The second-order valence-electron chi connectivity index (χ2n) is 4.84. The first kappa shape index (κ1) is 14.5. The highest BCUT2D eigenvalue weighted by atomic mass is 16.5. The van der Waals surface area contributed by atoms with E-state index in [0.29, 0.717) is 5.92 Å². The minimum absolute atomic E-state index is 0.191. The Morgan fingerprint density at radius 1 is 1.41 bits per heavy atom. The van der Waals surface area contributed by atoms with Crippen LogP contribution in [0.15, 0.2) is 11.8 Å². The van der Waals surface area contributed by atoms with Gasteiger partial charge >= 0.3 is 0 Å². The van der Waals surface area contributed by atoms with E-state index in [-0.39, 0.29) is 12.1 Å². The van der Waals surface area contributed by atoms with Crippen molar-refractivity contribution in [3.05, 3.63) is 11.8 Å². The van der Waals surface area contributed by atoms with Gasteiger partial charge in [-0.15, -0.1) is 0 Å². The van der Waals surface area contributed by atoms with Gasteiger partial charge in [-0.2, -0.15) is 0 Å². The second kappa shape index (κ2) is 7.72. The second-order valence-corrected chi connectivity index (χ2v) is 4.84. The van der Waals surface area contributed by atoms with E-state index in [1.165, 1.54) is 0 Å². The van der Waals surface area contributed by atoms with E-state index in [2.05, 4.69) is 39.1 Å². The number of ether oxygens (including phenoxy) is 2. The van der Waals surface area contributed by atoms with E-state index >= 15 is 0 Å². The van der Waals surface area contributed by atoms with Crippen LogP contribution in [0.5, 0.6) is 0 Å². The molecule has 1 N–H and O–H groups in total. The number of hydrogen-bond acceptors (Lipinski definition) is 3. The van der Waals surface area contributed by atoms with Gasteiger partial charge in [0.2, 0.25) is 0 Å². The van der Waals surface area contributed by atoms with E-state index in [4.69, 9.17) is 9.47 Å². The molecule has 2 unspecified atom stereocenters. The molecule has 1 aliphatic heterocycles. The van der Waals surface area contributed by atoms with Crippen LogP contribution in [0.2, 0.25) is 0 Å². The smallest absolute Gasteiger partial charge is 0.112 e. The maximum absolute atomic E-state index is 5.89. The van der Waals surface area contributed by atoms with Crippen molar-refractivity contribution >= 4 is 0 Å². The molecule has 0 aromatic carbocycles. The molecule has 0 radical (unpaired) electrons. The minimum Gasteiger partial charge on any atom is -0.496 e. The lowest BCUT2D eigenvalue weighted by Gasteiger charge is -2.31. The molecule has 1 heterocycles. The molecular weight excluding hydrogens is 214 g/mol. The van der Waals surface area contributed by atoms with Crippen molar-refractivity contribution in [3.63, 3.8) is 0 Å². The molecule has 0 bridgehead atoms. The van der Waals surface area contributed by atoms with E-state index in [1.54, 1.807) is 0 Å². The molecule has 0 aliphatic carbocycles. The monoisotopic (exact) mass is 241 g/mol. The van der Waals surface area contributed by atoms with Crippen molar-refractivity contribution in [2.75, 3.05) is 19.8 Å². The molecule has 0 spiro atoms. The van der Waals surface area contributed by atoms with Gasteiger partial charge in [0.05, 0.1) is 18.8 Å². The van der Waals surface area contributed by atoms with E-state index in [0.717, 1.165) is 38.4 Å². The minimum atomic E-state index is 0.191. The third kappa shape index (κ3) is 4.32. The molecule has 100 valence electrons. The Kier molecular flexibility index (Phi) is 6.60. The van der Waals surface area contributed by atoms with Crippen molar-refractivity contribution in [1.82, 2.24) is 5.32 Å². The normalized spacial score (nSPS) is 19.0. The summed E-state index contributed by atoms with van der Waals surface area (Å²) in [5.74, 6) is 1.56. The lowest BCUT2D eigenvalue weighted by atomic mass is 9.97. The molecular formula is C14H27NO2. The van der Waals surface area contributed by atoms with E-state index in [1.807, 2.05) is 0 Å². The Bertz CT molecular complexity index is 238. The zero-order valence-corrected chi connectivity index (χ0v) is 11.7. The lowest BCUT2D eigenvalue weighted by molar-refractivity contribution is -0.000377. The first-order valence-electron chi connectivity index (χ1n) is 6.88. The zero-order valence-electron chi connectivity index (χ0n) is 11.7. The molecule has 17 heavy (non-hydrogen) atoms. The fourth-order valence-electron chi connectivity index (χ4n) is 2.20. The SMILES string of the molecule is CCCNC(C1=CCCO1)C(OCC)C(C)C. The van der Waals surface area contributed by atoms with E-state index < -0.39 is 0 Å². The largest absolute Gasteiger partial charge is 0.496 e. The average Bonchev–Trinajstić information content (AvgIpc) is 2.81. The number of hydrogen-bond donors (Lipinski definition) is 1. The van der Waals surface area contributed by atoms with Gasteiger partial charge in [0.15, 0.2) is 0 Å². The van der Waals surface area contributed by atoms with Crippen LogP contribution in [0.3, 0.4) is 0 Å². The van der Waals surface area contributed by atoms with Gasteiger partial charge < -0.3 is 14.8 Å². The Labute approximate surface area is 106 Å². The van der Waals surface area contributed by atoms with Gasteiger partial charge in [-0.3, -0.25) is 0 Å². The standard InChI is InChI=1S/C14H27NO2/c1-5-9-15-13(12-8-7-10-17-12)14(11(3)4)16-6-2/h8,11,13-15H,5-7,9-10H2,1-4H3. The molecule has 0 saturated heterocycles. The summed E-state index contributed by atoms with van der Waals surface area (Å²) in [6.45, 7) is 11.2. The molecule has 1 aliphatic rings. The highest BCUT2D eigenvalue weighted by Gasteiger charge is 2.30. The van der Waals surface area contributed by atoms with Gasteiger partial charge in [0.25, 0.3) is 0 Å². The summed E-state index contributed by atoms with van der Waals surface area (Å²) in [5.41, 5.74) is 0. The number of nitrogens with one attached hydrogen (secondary N) is 1. The third-order valence-corrected chi connectivity index (χ3v) is 3.00. The molecule has 3 nitrogen and oxygen atoms in total. The van der Waals surface area contributed by atoms with Crippen LogP contribution in [0.1, 0.15) is 40.5 Å². The van der Waals surface area contributed by atoms with Gasteiger partial charge in [-0.1, -0.05) is 20.8 Å². The summed E-state index contributed by atoms with van der Waals surface area (Å²) in [6, 6.07) is 0.206. The maximum atomic E-state index is 5.89. The molecule has 1 rings (SSSR count). The Morgan fingerprint density at radius 3 is 2.65 bits per heavy atom. The summed E-state index contributed by atoms with van der Waals surface area (Å²) in [7, 11) is 0. The third-order valence-electron chi connectivity index (χ3n) is 3.00. The fourth-order valence-corrected chi connectivity index (χ4v) is 2.20. The van der Waals surface area contributed by atoms with E-state index in [9.17, 15) is 0 Å². The molecule has 0 amide bonds. The number of rotatable bonds is 8. The van der Waals surface area contributed by atoms with Crippen molar-refractivity contribution in [1.29, 1.82) is 0 Å². The topological polar surface area (TPSA) is 30.5 Å². The summed E-state index contributed by atoms with van der Waals surface area (Å²) >= 11 is 0. The highest BCUT2D eigenvalue weighted by molar-refractivity contribution is 5.10. The van der Waals surface area contributed by atoms with Crippen LogP contribution in [0.4, 0.5) is 0 Å². The van der Waals surface area contributed by atoms with Gasteiger partial charge in [-0.05, 0) is 31.9 Å². The Balaban J connectivity index is 2.70. The Morgan fingerprint density at radius 2 is 2.18 bits per heavy atom. The summed E-state index contributed by atoms with van der Waals surface area (Å²) in [4.78, 5) is 0. The average molecular weight is 241 g/mol. The maximum Gasteiger partial charge on any atom is 0.112 e. The zero-order chi connectivity index (χ0) is 12.7. The molecule has 0 aromatic rings. The van der Waals surface area contributed by atoms with Gasteiger partial charge in [0.1, 0.15) is 5.76 Å². The summed E-state index contributed by atoms with van der Waals surface area (Å²) in [6.07, 6.45) is 4.54. The molecule has 0 aromatic heterocycles. The summed E-state index contributed by atoms with van der Waals surface area (Å²) < 4.78 is 11.6. The van der Waals surface area contributed by atoms with Crippen LogP contribution >= 0.6 is 0 Å². The summed E-state index contributed by atoms with van der Waals surface area (Å²) in [5, 5.41) is 3.56. The van der Waals surface area contributed by atoms with Crippen molar-refractivity contribution in [2.45, 2.75) is 52.7 Å². The quantitative estimate of drug-likeness (QED) is 0.709. The van der Waals surface area contributed by atoms with Crippen molar-refractivity contribution < 1.29 is 9.47 Å². The predicted molar refractivity (Wildman–Crippen MR) is 71.0 cm³/mol. The Hall–Kier alpha value is -0.540. The molecule has 2 atom stereocenters. The lowest BCUT2D eigenvalue weighted by Crippen LogP contribution is -2.46. The van der Waals surface area contributed by atoms with Crippen LogP contribution in [-0.2, 0) is 9.47 Å². The fraction of sp³-hybridized carbons (Fsp3) is 0.857. The van der Waals surface area contributed by atoms with Crippen LogP contribution in [0.25, 0.3) is 0 Å². The van der Waals surface area contributed by atoms with Crippen LogP contribution < -0.4 is 5.32 Å². The van der Waals surface area contributed by atoms with Gasteiger partial charge in [-0.25, -0.2) is 0 Å². The first-order valence-corrected chi connectivity index (χ1v) is 6.88. The molecule has 3 heteroatoms. The van der Waals surface area contributed by atoms with Crippen LogP contribution in [-0.4, -0.2) is 31.9 Å². The van der Waals surface area contributed by atoms with Gasteiger partial charge in [0, 0.05) is 13.0 Å². The highest BCUT2D eigenvalue weighted by Crippen LogP contribution is 2.22. The molecule has 0 saturated carbocycles. The predicted octanol–water partition coefficient (Wildman–Crippen LogP) is 2.72. The molecule has 0 fully saturated rings.